The Morgan fingerprint density at radius 2 is 2.33 bits per heavy atom. The van der Waals surface area contributed by atoms with E-state index in [9.17, 15) is 9.59 Å². The number of nitrogens with zero attached hydrogens (tertiary/aromatic N) is 2. The van der Waals surface area contributed by atoms with Crippen LogP contribution < -0.4 is 11.1 Å². The number of aromatic amines is 1. The molecule has 4 N–H and O–H groups in total. The molecule has 0 bridgehead atoms. The molecule has 2 amide bonds. The van der Waals surface area contributed by atoms with Gasteiger partial charge in [0.1, 0.15) is 10.8 Å². The lowest BCUT2D eigenvalue weighted by Gasteiger charge is -2.09. The van der Waals surface area contributed by atoms with Gasteiger partial charge in [-0.3, -0.25) is 14.7 Å². The van der Waals surface area contributed by atoms with Gasteiger partial charge in [-0.05, 0) is 18.4 Å². The minimum absolute atomic E-state index is 0.229. The molecular weight excluding hydrogens is 310 g/mol. The van der Waals surface area contributed by atoms with E-state index in [-0.39, 0.29) is 5.91 Å². The third kappa shape index (κ3) is 3.82. The average Bonchev–Trinajstić information content (AvgIpc) is 3.07. The number of carbonyl (C=O) groups is 2. The number of primary amides is 1. The summed E-state index contributed by atoms with van der Waals surface area (Å²) in [5, 5.41) is 11.8. The molecule has 1 atom stereocenters. The molecule has 112 valence electrons. The van der Waals surface area contributed by atoms with Gasteiger partial charge in [0.15, 0.2) is 0 Å². The summed E-state index contributed by atoms with van der Waals surface area (Å²) in [5.74, 6) is -0.0133. The molecule has 0 aliphatic carbocycles. The van der Waals surface area contributed by atoms with Crippen molar-refractivity contribution in [3.63, 3.8) is 0 Å². The number of aromatic nitrogens is 3. The molecule has 0 spiro atoms. The SMILES string of the molecule is CCc1nc(SC(C)C(=O)Nc2sccc2C(N)=O)n[nH]1. The zero-order valence-corrected chi connectivity index (χ0v) is 13.2. The second-order valence-electron chi connectivity index (χ2n) is 4.20. The number of anilines is 1. The zero-order valence-electron chi connectivity index (χ0n) is 11.5. The Kier molecular flexibility index (Phi) is 4.97. The number of H-pyrrole nitrogens is 1. The predicted octanol–water partition coefficient (Wildman–Crippen LogP) is 1.65. The minimum Gasteiger partial charge on any atom is -0.366 e. The van der Waals surface area contributed by atoms with Gasteiger partial charge in [-0.15, -0.1) is 16.4 Å². The highest BCUT2D eigenvalue weighted by Crippen LogP contribution is 2.25. The lowest BCUT2D eigenvalue weighted by molar-refractivity contribution is -0.115. The Labute approximate surface area is 129 Å². The summed E-state index contributed by atoms with van der Waals surface area (Å²) < 4.78 is 0. The maximum Gasteiger partial charge on any atom is 0.251 e. The fourth-order valence-corrected chi connectivity index (χ4v) is 3.05. The highest BCUT2D eigenvalue weighted by molar-refractivity contribution is 8.00. The van der Waals surface area contributed by atoms with Crippen LogP contribution in [-0.4, -0.2) is 32.2 Å². The Balaban J connectivity index is 1.99. The molecule has 2 aromatic rings. The topological polar surface area (TPSA) is 114 Å². The molecule has 1 unspecified atom stereocenters. The second kappa shape index (κ2) is 6.72. The Morgan fingerprint density at radius 3 is 2.95 bits per heavy atom. The quantitative estimate of drug-likeness (QED) is 0.699. The predicted molar refractivity (Wildman–Crippen MR) is 82.5 cm³/mol. The van der Waals surface area contributed by atoms with E-state index in [0.717, 1.165) is 12.2 Å². The van der Waals surface area contributed by atoms with Gasteiger partial charge in [-0.25, -0.2) is 4.98 Å². The maximum atomic E-state index is 12.1. The van der Waals surface area contributed by atoms with Crippen LogP contribution >= 0.6 is 23.1 Å². The third-order valence-electron chi connectivity index (χ3n) is 2.66. The first-order valence-corrected chi connectivity index (χ1v) is 8.03. The molecule has 2 rings (SSSR count). The van der Waals surface area contributed by atoms with Crippen LogP contribution in [0.1, 0.15) is 30.0 Å². The molecule has 0 fully saturated rings. The maximum absolute atomic E-state index is 12.1. The van der Waals surface area contributed by atoms with Crippen LogP contribution in [-0.2, 0) is 11.2 Å². The number of hydrogen-bond acceptors (Lipinski definition) is 6. The van der Waals surface area contributed by atoms with E-state index in [4.69, 9.17) is 5.73 Å². The molecule has 0 saturated carbocycles. The summed E-state index contributed by atoms with van der Waals surface area (Å²) in [6.45, 7) is 3.72. The number of aryl methyl sites for hydroxylation is 1. The van der Waals surface area contributed by atoms with E-state index < -0.39 is 11.2 Å². The van der Waals surface area contributed by atoms with Gasteiger partial charge in [-0.2, -0.15) is 0 Å². The lowest BCUT2D eigenvalue weighted by Crippen LogP contribution is -2.23. The van der Waals surface area contributed by atoms with E-state index in [1.807, 2.05) is 6.92 Å². The summed E-state index contributed by atoms with van der Waals surface area (Å²) in [6, 6.07) is 1.59. The minimum atomic E-state index is -0.562. The number of nitrogens with two attached hydrogens (primary N) is 1. The van der Waals surface area contributed by atoms with Crippen LogP contribution in [0.15, 0.2) is 16.6 Å². The van der Waals surface area contributed by atoms with Crippen LogP contribution in [0.25, 0.3) is 0 Å². The molecule has 0 radical (unpaired) electrons. The summed E-state index contributed by atoms with van der Waals surface area (Å²) in [5.41, 5.74) is 5.56. The fraction of sp³-hybridized carbons (Fsp3) is 0.333. The molecule has 2 aromatic heterocycles. The van der Waals surface area contributed by atoms with E-state index in [2.05, 4.69) is 20.5 Å². The number of nitrogens with one attached hydrogen (secondary N) is 2. The first-order chi connectivity index (χ1) is 10.0. The molecule has 0 aliphatic heterocycles. The largest absolute Gasteiger partial charge is 0.366 e. The molecule has 0 aliphatic rings. The molecule has 7 nitrogen and oxygen atoms in total. The van der Waals surface area contributed by atoms with Crippen LogP contribution in [0.4, 0.5) is 5.00 Å². The Bertz CT molecular complexity index is 652. The van der Waals surface area contributed by atoms with Crippen molar-refractivity contribution in [2.45, 2.75) is 30.7 Å². The van der Waals surface area contributed by atoms with E-state index in [1.165, 1.54) is 23.1 Å². The molecule has 21 heavy (non-hydrogen) atoms. The van der Waals surface area contributed by atoms with Crippen molar-refractivity contribution in [3.8, 4) is 0 Å². The molecule has 2 heterocycles. The molecule has 0 aromatic carbocycles. The summed E-state index contributed by atoms with van der Waals surface area (Å²) in [4.78, 5) is 27.6. The van der Waals surface area contributed by atoms with Crippen molar-refractivity contribution < 1.29 is 9.59 Å². The third-order valence-corrected chi connectivity index (χ3v) is 4.46. The molecular formula is C12H15N5O2S2. The average molecular weight is 325 g/mol. The summed E-state index contributed by atoms with van der Waals surface area (Å²) in [7, 11) is 0. The van der Waals surface area contributed by atoms with E-state index in [0.29, 0.717) is 15.7 Å². The second-order valence-corrected chi connectivity index (χ2v) is 6.42. The highest BCUT2D eigenvalue weighted by Gasteiger charge is 2.19. The van der Waals surface area contributed by atoms with Crippen molar-refractivity contribution in [2.75, 3.05) is 5.32 Å². The van der Waals surface area contributed by atoms with Crippen LogP contribution in [0, 0.1) is 0 Å². The Hall–Kier alpha value is -1.87. The zero-order chi connectivity index (χ0) is 15.4. The van der Waals surface area contributed by atoms with Crippen molar-refractivity contribution in [2.24, 2.45) is 5.73 Å². The van der Waals surface area contributed by atoms with Crippen molar-refractivity contribution >= 4 is 39.9 Å². The van der Waals surface area contributed by atoms with Crippen LogP contribution in [0.3, 0.4) is 0 Å². The number of amides is 2. The number of rotatable bonds is 6. The number of thioether (sulfide) groups is 1. The number of hydrogen-bond donors (Lipinski definition) is 3. The summed E-state index contributed by atoms with van der Waals surface area (Å²) >= 11 is 2.51. The van der Waals surface area contributed by atoms with Crippen molar-refractivity contribution in [1.82, 2.24) is 15.2 Å². The molecule has 0 saturated heterocycles. The monoisotopic (exact) mass is 325 g/mol. The van der Waals surface area contributed by atoms with Crippen molar-refractivity contribution in [1.29, 1.82) is 0 Å². The fourth-order valence-electron chi connectivity index (χ4n) is 1.51. The van der Waals surface area contributed by atoms with Gasteiger partial charge < -0.3 is 11.1 Å². The van der Waals surface area contributed by atoms with Crippen LogP contribution in [0.2, 0.25) is 0 Å². The first-order valence-electron chi connectivity index (χ1n) is 6.27. The van der Waals surface area contributed by atoms with E-state index >= 15 is 0 Å². The summed E-state index contributed by atoms with van der Waals surface area (Å²) in [6.07, 6.45) is 0.755. The van der Waals surface area contributed by atoms with Gasteiger partial charge in [0, 0.05) is 6.42 Å². The normalized spacial score (nSPS) is 12.1. The molecule has 9 heteroatoms. The number of thiophene rings is 1. The first kappa shape index (κ1) is 15.5. The van der Waals surface area contributed by atoms with Crippen molar-refractivity contribution in [3.05, 3.63) is 22.8 Å². The number of carbonyl (C=O) groups excluding carboxylic acids is 2. The van der Waals surface area contributed by atoms with Gasteiger partial charge in [-0.1, -0.05) is 18.7 Å². The van der Waals surface area contributed by atoms with Crippen LogP contribution in [0.5, 0.6) is 0 Å². The Morgan fingerprint density at radius 1 is 1.57 bits per heavy atom. The highest BCUT2D eigenvalue weighted by atomic mass is 32.2. The smallest absolute Gasteiger partial charge is 0.251 e. The van der Waals surface area contributed by atoms with E-state index in [1.54, 1.807) is 18.4 Å². The van der Waals surface area contributed by atoms with Gasteiger partial charge in [0.2, 0.25) is 11.1 Å². The van der Waals surface area contributed by atoms with Gasteiger partial charge >= 0.3 is 0 Å². The standard InChI is InChI=1S/C12H15N5O2S2/c1-3-8-14-12(17-16-8)21-6(2)10(19)15-11-7(9(13)18)4-5-20-11/h4-6H,3H2,1-2H3,(H2,13,18)(H,15,19)(H,14,16,17). The van der Waals surface area contributed by atoms with Gasteiger partial charge in [0.05, 0.1) is 10.8 Å². The lowest BCUT2D eigenvalue weighted by atomic mass is 10.3. The van der Waals surface area contributed by atoms with Gasteiger partial charge in [0.25, 0.3) is 5.91 Å².